The molecule has 2 atom stereocenters. The van der Waals surface area contributed by atoms with Gasteiger partial charge in [0, 0.05) is 6.54 Å². The highest BCUT2D eigenvalue weighted by Gasteiger charge is 2.32. The Morgan fingerprint density at radius 3 is 2.52 bits per heavy atom. The molecule has 1 N–H and O–H groups in total. The summed E-state index contributed by atoms with van der Waals surface area (Å²) in [6.07, 6.45) is 1.49. The number of hydrogen-bond donors (Lipinski definition) is 1. The molecule has 0 bridgehead atoms. The van der Waals surface area contributed by atoms with Crippen molar-refractivity contribution in [3.05, 3.63) is 94.0 Å². The zero-order valence-corrected chi connectivity index (χ0v) is 18.4. The van der Waals surface area contributed by atoms with Crippen LogP contribution < -0.4 is 4.74 Å². The number of nitrogens with zero attached hydrogens (tertiary/aromatic N) is 1. The maximum atomic E-state index is 11.7. The quantitative estimate of drug-likeness (QED) is 0.450. The SMILES string of the molecule is O=C(O)C1CCCN(C(c2cccc(Oc3ccccc3)c2)c2cccc(Cl)c2Cl)C1. The molecule has 31 heavy (non-hydrogen) atoms. The predicted molar refractivity (Wildman–Crippen MR) is 123 cm³/mol. The number of halogens is 2. The molecule has 1 saturated heterocycles. The average Bonchev–Trinajstić information content (AvgIpc) is 2.78. The van der Waals surface area contributed by atoms with Crippen LogP contribution in [0.4, 0.5) is 0 Å². The maximum absolute atomic E-state index is 11.7. The van der Waals surface area contributed by atoms with Crippen molar-refractivity contribution in [1.29, 1.82) is 0 Å². The summed E-state index contributed by atoms with van der Waals surface area (Å²) in [6.45, 7) is 1.23. The summed E-state index contributed by atoms with van der Waals surface area (Å²) in [7, 11) is 0. The number of hydrogen-bond acceptors (Lipinski definition) is 3. The lowest BCUT2D eigenvalue weighted by Gasteiger charge is -2.38. The maximum Gasteiger partial charge on any atom is 0.307 e. The molecule has 4 rings (SSSR count). The first-order valence-electron chi connectivity index (χ1n) is 10.3. The number of piperidine rings is 1. The lowest BCUT2D eigenvalue weighted by atomic mass is 9.91. The van der Waals surface area contributed by atoms with Gasteiger partial charge in [-0.15, -0.1) is 0 Å². The summed E-state index contributed by atoms with van der Waals surface area (Å²) in [5.41, 5.74) is 1.83. The van der Waals surface area contributed by atoms with Crippen molar-refractivity contribution in [1.82, 2.24) is 4.90 Å². The van der Waals surface area contributed by atoms with Gasteiger partial charge in [-0.25, -0.2) is 0 Å². The van der Waals surface area contributed by atoms with E-state index >= 15 is 0 Å². The highest BCUT2D eigenvalue weighted by molar-refractivity contribution is 6.42. The van der Waals surface area contributed by atoms with Crippen molar-refractivity contribution in [3.8, 4) is 11.5 Å². The van der Waals surface area contributed by atoms with Crippen LogP contribution in [0.25, 0.3) is 0 Å². The smallest absolute Gasteiger partial charge is 0.307 e. The van der Waals surface area contributed by atoms with E-state index in [2.05, 4.69) is 4.90 Å². The summed E-state index contributed by atoms with van der Waals surface area (Å²) < 4.78 is 6.03. The highest BCUT2D eigenvalue weighted by Crippen LogP contribution is 2.39. The molecule has 160 valence electrons. The number of benzene rings is 3. The Bertz CT molecular complexity index is 1060. The fraction of sp³-hybridized carbons (Fsp3) is 0.240. The fourth-order valence-corrected chi connectivity index (χ4v) is 4.55. The minimum absolute atomic E-state index is 0.229. The third-order valence-electron chi connectivity index (χ3n) is 5.60. The monoisotopic (exact) mass is 455 g/mol. The Kier molecular flexibility index (Phi) is 6.81. The van der Waals surface area contributed by atoms with E-state index in [1.54, 1.807) is 6.07 Å². The second kappa shape index (κ2) is 9.73. The van der Waals surface area contributed by atoms with Crippen LogP contribution >= 0.6 is 23.2 Å². The van der Waals surface area contributed by atoms with Gasteiger partial charge < -0.3 is 9.84 Å². The molecule has 3 aromatic carbocycles. The number of rotatable bonds is 6. The standard InChI is InChI=1S/C25H23Cl2NO3/c26-22-13-5-12-21(23(22)27)24(28-14-6-8-18(16-28)25(29)30)17-7-4-11-20(15-17)31-19-9-2-1-3-10-19/h1-5,7,9-13,15,18,24H,6,8,14,16H2,(H,29,30). The Balaban J connectivity index is 1.73. The molecule has 1 fully saturated rings. The predicted octanol–water partition coefficient (Wildman–Crippen LogP) is 6.67. The first-order valence-corrected chi connectivity index (χ1v) is 11.0. The van der Waals surface area contributed by atoms with Crippen LogP contribution in [0.3, 0.4) is 0 Å². The van der Waals surface area contributed by atoms with Gasteiger partial charge in [-0.3, -0.25) is 9.69 Å². The van der Waals surface area contributed by atoms with Crippen molar-refractivity contribution < 1.29 is 14.6 Å². The van der Waals surface area contributed by atoms with Gasteiger partial charge in [0.15, 0.2) is 0 Å². The largest absolute Gasteiger partial charge is 0.481 e. The number of likely N-dealkylation sites (tertiary alicyclic amines) is 1. The number of para-hydroxylation sites is 1. The molecule has 0 aliphatic carbocycles. The molecule has 0 aromatic heterocycles. The molecule has 3 aromatic rings. The average molecular weight is 456 g/mol. The number of carbonyl (C=O) groups is 1. The molecule has 0 saturated carbocycles. The summed E-state index contributed by atoms with van der Waals surface area (Å²) >= 11 is 13.0. The lowest BCUT2D eigenvalue weighted by Crippen LogP contribution is -2.41. The summed E-state index contributed by atoms with van der Waals surface area (Å²) in [5, 5.41) is 10.6. The van der Waals surface area contributed by atoms with Crippen LogP contribution in [0.5, 0.6) is 11.5 Å². The molecule has 1 aliphatic heterocycles. The summed E-state index contributed by atoms with van der Waals surface area (Å²) in [6, 6.07) is 22.8. The first-order chi connectivity index (χ1) is 15.0. The van der Waals surface area contributed by atoms with Crippen molar-refractivity contribution in [2.24, 2.45) is 5.92 Å². The van der Waals surface area contributed by atoms with E-state index in [1.165, 1.54) is 0 Å². The molecular weight excluding hydrogens is 433 g/mol. The molecule has 0 radical (unpaired) electrons. The highest BCUT2D eigenvalue weighted by atomic mass is 35.5. The van der Waals surface area contributed by atoms with Crippen LogP contribution in [-0.2, 0) is 4.79 Å². The third kappa shape index (κ3) is 5.04. The van der Waals surface area contributed by atoms with E-state index in [0.29, 0.717) is 28.8 Å². The number of aliphatic carboxylic acids is 1. The van der Waals surface area contributed by atoms with Crippen LogP contribution in [0.2, 0.25) is 10.0 Å². The van der Waals surface area contributed by atoms with E-state index in [-0.39, 0.29) is 6.04 Å². The van der Waals surface area contributed by atoms with Gasteiger partial charge >= 0.3 is 5.97 Å². The van der Waals surface area contributed by atoms with Gasteiger partial charge in [0.2, 0.25) is 0 Å². The fourth-order valence-electron chi connectivity index (χ4n) is 4.13. The van der Waals surface area contributed by atoms with Gasteiger partial charge in [0.05, 0.1) is 22.0 Å². The zero-order chi connectivity index (χ0) is 21.8. The Morgan fingerprint density at radius 2 is 1.74 bits per heavy atom. The van der Waals surface area contributed by atoms with Crippen molar-refractivity contribution in [3.63, 3.8) is 0 Å². The van der Waals surface area contributed by atoms with Crippen LogP contribution in [0.15, 0.2) is 72.8 Å². The first kappa shape index (κ1) is 21.7. The molecule has 0 amide bonds. The molecule has 6 heteroatoms. The molecule has 1 aliphatic rings. The lowest BCUT2D eigenvalue weighted by molar-refractivity contribution is -0.143. The van der Waals surface area contributed by atoms with Crippen molar-refractivity contribution >= 4 is 29.2 Å². The number of carboxylic acid groups (broad SMARTS) is 1. The van der Waals surface area contributed by atoms with Crippen LogP contribution in [0, 0.1) is 5.92 Å². The molecule has 1 heterocycles. The molecule has 0 spiro atoms. The van der Waals surface area contributed by atoms with Crippen molar-refractivity contribution in [2.45, 2.75) is 18.9 Å². The third-order valence-corrected chi connectivity index (χ3v) is 6.43. The Morgan fingerprint density at radius 1 is 1.00 bits per heavy atom. The molecular formula is C25H23Cl2NO3. The van der Waals surface area contributed by atoms with Gasteiger partial charge in [0.25, 0.3) is 0 Å². The number of ether oxygens (including phenoxy) is 1. The van der Waals surface area contributed by atoms with E-state index in [0.717, 1.165) is 29.8 Å². The van der Waals surface area contributed by atoms with E-state index in [1.807, 2.05) is 66.7 Å². The topological polar surface area (TPSA) is 49.8 Å². The van der Waals surface area contributed by atoms with Gasteiger partial charge in [-0.05, 0) is 60.8 Å². The minimum atomic E-state index is -0.762. The van der Waals surface area contributed by atoms with E-state index < -0.39 is 11.9 Å². The molecule has 4 nitrogen and oxygen atoms in total. The Hall–Kier alpha value is -2.53. The zero-order valence-electron chi connectivity index (χ0n) is 16.9. The van der Waals surface area contributed by atoms with Gasteiger partial charge in [-0.1, -0.05) is 65.7 Å². The van der Waals surface area contributed by atoms with Gasteiger partial charge in [0.1, 0.15) is 11.5 Å². The summed E-state index contributed by atoms with van der Waals surface area (Å²) in [4.78, 5) is 13.9. The second-order valence-electron chi connectivity index (χ2n) is 7.71. The normalized spacial score (nSPS) is 17.8. The summed E-state index contributed by atoms with van der Waals surface area (Å²) in [5.74, 6) is 0.291. The Labute approximate surface area is 192 Å². The van der Waals surface area contributed by atoms with E-state index in [4.69, 9.17) is 27.9 Å². The van der Waals surface area contributed by atoms with Crippen LogP contribution in [-0.4, -0.2) is 29.1 Å². The van der Waals surface area contributed by atoms with Gasteiger partial charge in [-0.2, -0.15) is 0 Å². The van der Waals surface area contributed by atoms with Crippen LogP contribution in [0.1, 0.15) is 30.0 Å². The number of carboxylic acids is 1. The van der Waals surface area contributed by atoms with Crippen molar-refractivity contribution in [2.75, 3.05) is 13.1 Å². The van der Waals surface area contributed by atoms with E-state index in [9.17, 15) is 9.90 Å². The minimum Gasteiger partial charge on any atom is -0.481 e. The second-order valence-corrected chi connectivity index (χ2v) is 8.49. The molecule has 2 unspecified atom stereocenters.